The van der Waals surface area contributed by atoms with Crippen LogP contribution in [0.2, 0.25) is 0 Å². The van der Waals surface area contributed by atoms with E-state index in [2.05, 4.69) is 17.6 Å². The highest BCUT2D eigenvalue weighted by atomic mass is 16.5. The number of Topliss-reactive ketones (excluding diaryl/α,β-unsaturated/α-hetero) is 1. The van der Waals surface area contributed by atoms with Crippen LogP contribution in [0, 0.1) is 0 Å². The van der Waals surface area contributed by atoms with Crippen molar-refractivity contribution >= 4 is 11.7 Å². The fourth-order valence-corrected chi connectivity index (χ4v) is 2.93. The molecule has 2 rings (SSSR count). The minimum Gasteiger partial charge on any atom is -0.494 e. The van der Waals surface area contributed by atoms with Gasteiger partial charge in [-0.3, -0.25) is 9.59 Å². The number of nitrogens with one attached hydrogen (secondary N) is 2. The number of amides is 1. The highest BCUT2D eigenvalue weighted by Crippen LogP contribution is 2.15. The molecule has 1 amide bonds. The molecule has 1 aliphatic heterocycles. The lowest BCUT2D eigenvalue weighted by Crippen LogP contribution is -2.45. The molecule has 0 saturated carbocycles. The van der Waals surface area contributed by atoms with Crippen LogP contribution in [0.15, 0.2) is 24.3 Å². The summed E-state index contributed by atoms with van der Waals surface area (Å²) in [6.45, 7) is 4.70. The zero-order chi connectivity index (χ0) is 17.9. The third kappa shape index (κ3) is 7.26. The SMILES string of the molecule is CCCCCOc1ccc(C(=O)CCC(=O)NC2CCCNC2)cc1. The summed E-state index contributed by atoms with van der Waals surface area (Å²) in [6, 6.07) is 7.40. The molecule has 0 bridgehead atoms. The quantitative estimate of drug-likeness (QED) is 0.505. The summed E-state index contributed by atoms with van der Waals surface area (Å²) in [7, 11) is 0. The third-order valence-corrected chi connectivity index (χ3v) is 4.43. The van der Waals surface area contributed by atoms with Crippen molar-refractivity contribution in [3.63, 3.8) is 0 Å². The van der Waals surface area contributed by atoms with E-state index in [9.17, 15) is 9.59 Å². The molecule has 1 fully saturated rings. The molecule has 1 aliphatic rings. The van der Waals surface area contributed by atoms with E-state index in [4.69, 9.17) is 4.74 Å². The molecule has 1 atom stereocenters. The second kappa shape index (κ2) is 10.9. The van der Waals surface area contributed by atoms with E-state index in [1.54, 1.807) is 12.1 Å². The molecule has 25 heavy (non-hydrogen) atoms. The summed E-state index contributed by atoms with van der Waals surface area (Å²) in [4.78, 5) is 24.2. The number of hydrogen-bond acceptors (Lipinski definition) is 4. The molecule has 5 nitrogen and oxygen atoms in total. The minimum absolute atomic E-state index is 0.00514. The normalized spacial score (nSPS) is 17.1. The average Bonchev–Trinajstić information content (AvgIpc) is 2.64. The molecule has 0 aliphatic carbocycles. The van der Waals surface area contributed by atoms with Gasteiger partial charge in [0, 0.05) is 31.0 Å². The Morgan fingerprint density at radius 3 is 2.68 bits per heavy atom. The van der Waals surface area contributed by atoms with Gasteiger partial charge in [-0.25, -0.2) is 0 Å². The minimum atomic E-state index is -0.0436. The van der Waals surface area contributed by atoms with E-state index in [-0.39, 0.29) is 30.6 Å². The van der Waals surface area contributed by atoms with Crippen molar-refractivity contribution < 1.29 is 14.3 Å². The molecule has 1 aromatic rings. The average molecular weight is 346 g/mol. The fourth-order valence-electron chi connectivity index (χ4n) is 2.93. The zero-order valence-corrected chi connectivity index (χ0v) is 15.2. The molecule has 1 saturated heterocycles. The topological polar surface area (TPSA) is 67.4 Å². The number of ether oxygens (including phenoxy) is 1. The van der Waals surface area contributed by atoms with E-state index >= 15 is 0 Å². The maximum atomic E-state index is 12.2. The Morgan fingerprint density at radius 1 is 1.20 bits per heavy atom. The van der Waals surface area contributed by atoms with Crippen LogP contribution in [0.5, 0.6) is 5.75 Å². The van der Waals surface area contributed by atoms with Crippen molar-refractivity contribution in [2.75, 3.05) is 19.7 Å². The van der Waals surface area contributed by atoms with Crippen LogP contribution in [0.1, 0.15) is 62.2 Å². The smallest absolute Gasteiger partial charge is 0.220 e. The molecular weight excluding hydrogens is 316 g/mol. The van der Waals surface area contributed by atoms with Crippen molar-refractivity contribution in [2.45, 2.75) is 57.9 Å². The Kier molecular flexibility index (Phi) is 8.46. The number of hydrogen-bond donors (Lipinski definition) is 2. The van der Waals surface area contributed by atoms with Crippen LogP contribution in [-0.4, -0.2) is 37.4 Å². The number of ketones is 1. The molecule has 0 radical (unpaired) electrons. The largest absolute Gasteiger partial charge is 0.494 e. The summed E-state index contributed by atoms with van der Waals surface area (Å²) < 4.78 is 5.64. The molecule has 0 spiro atoms. The van der Waals surface area contributed by atoms with Crippen LogP contribution in [0.25, 0.3) is 0 Å². The van der Waals surface area contributed by atoms with Gasteiger partial charge >= 0.3 is 0 Å². The number of rotatable bonds is 10. The van der Waals surface area contributed by atoms with E-state index < -0.39 is 0 Å². The van der Waals surface area contributed by atoms with Crippen molar-refractivity contribution in [1.29, 1.82) is 0 Å². The van der Waals surface area contributed by atoms with E-state index in [0.717, 1.165) is 44.5 Å². The number of piperidine rings is 1. The Balaban J connectivity index is 1.69. The number of carbonyl (C=O) groups excluding carboxylic acids is 2. The second-order valence-corrected chi connectivity index (χ2v) is 6.61. The standard InChI is InChI=1S/C20H30N2O3/c1-2-3-4-14-25-18-9-7-16(8-10-18)19(23)11-12-20(24)22-17-6-5-13-21-15-17/h7-10,17,21H,2-6,11-15H2,1H3,(H,22,24). The summed E-state index contributed by atoms with van der Waals surface area (Å²) in [6.07, 6.45) is 5.94. The third-order valence-electron chi connectivity index (χ3n) is 4.43. The maximum absolute atomic E-state index is 12.2. The Labute approximate surface area is 150 Å². The fraction of sp³-hybridized carbons (Fsp3) is 0.600. The summed E-state index contributed by atoms with van der Waals surface area (Å²) in [5, 5.41) is 6.26. The molecule has 1 unspecified atom stereocenters. The van der Waals surface area contributed by atoms with Crippen molar-refractivity contribution in [3.05, 3.63) is 29.8 Å². The number of benzene rings is 1. The van der Waals surface area contributed by atoms with Crippen molar-refractivity contribution in [1.82, 2.24) is 10.6 Å². The first-order valence-electron chi connectivity index (χ1n) is 9.45. The van der Waals surface area contributed by atoms with Crippen LogP contribution in [0.3, 0.4) is 0 Å². The molecule has 1 aromatic carbocycles. The van der Waals surface area contributed by atoms with Gasteiger partial charge in [-0.2, -0.15) is 0 Å². The highest BCUT2D eigenvalue weighted by molar-refractivity contribution is 5.98. The number of unbranched alkanes of at least 4 members (excludes halogenated alkanes) is 2. The molecule has 1 heterocycles. The van der Waals surface area contributed by atoms with Gasteiger partial charge < -0.3 is 15.4 Å². The van der Waals surface area contributed by atoms with Gasteiger partial charge in [0.05, 0.1) is 6.61 Å². The number of carbonyl (C=O) groups is 2. The van der Waals surface area contributed by atoms with E-state index in [1.165, 1.54) is 6.42 Å². The summed E-state index contributed by atoms with van der Waals surface area (Å²) in [5.74, 6) is 0.738. The monoisotopic (exact) mass is 346 g/mol. The molecule has 2 N–H and O–H groups in total. The molecular formula is C20H30N2O3. The van der Waals surface area contributed by atoms with Gasteiger partial charge in [-0.1, -0.05) is 19.8 Å². The van der Waals surface area contributed by atoms with Crippen LogP contribution in [0.4, 0.5) is 0 Å². The lowest BCUT2D eigenvalue weighted by Gasteiger charge is -2.23. The second-order valence-electron chi connectivity index (χ2n) is 6.61. The lowest BCUT2D eigenvalue weighted by atomic mass is 10.0. The van der Waals surface area contributed by atoms with Gasteiger partial charge in [0.15, 0.2) is 5.78 Å². The van der Waals surface area contributed by atoms with Gasteiger partial charge in [0.2, 0.25) is 5.91 Å². The van der Waals surface area contributed by atoms with Gasteiger partial charge in [0.25, 0.3) is 0 Å². The Hall–Kier alpha value is -1.88. The van der Waals surface area contributed by atoms with Gasteiger partial charge in [0.1, 0.15) is 5.75 Å². The predicted octanol–water partition coefficient (Wildman–Crippen LogP) is 3.09. The zero-order valence-electron chi connectivity index (χ0n) is 15.2. The van der Waals surface area contributed by atoms with E-state index in [0.29, 0.717) is 12.2 Å². The van der Waals surface area contributed by atoms with Crippen LogP contribution >= 0.6 is 0 Å². The maximum Gasteiger partial charge on any atom is 0.220 e. The predicted molar refractivity (Wildman–Crippen MR) is 99.1 cm³/mol. The van der Waals surface area contributed by atoms with Crippen molar-refractivity contribution in [3.8, 4) is 5.75 Å². The first-order chi connectivity index (χ1) is 12.2. The highest BCUT2D eigenvalue weighted by Gasteiger charge is 2.16. The van der Waals surface area contributed by atoms with Gasteiger partial charge in [-0.05, 0) is 50.1 Å². The first-order valence-corrected chi connectivity index (χ1v) is 9.45. The van der Waals surface area contributed by atoms with Crippen LogP contribution < -0.4 is 15.4 Å². The Bertz CT molecular complexity index is 536. The molecule has 5 heteroatoms. The van der Waals surface area contributed by atoms with Crippen molar-refractivity contribution in [2.24, 2.45) is 0 Å². The summed E-state index contributed by atoms with van der Waals surface area (Å²) in [5.41, 5.74) is 0.632. The molecule has 0 aromatic heterocycles. The summed E-state index contributed by atoms with van der Waals surface area (Å²) >= 11 is 0. The van der Waals surface area contributed by atoms with Crippen LogP contribution in [-0.2, 0) is 4.79 Å². The first kappa shape index (κ1) is 19.4. The van der Waals surface area contributed by atoms with E-state index in [1.807, 2.05) is 12.1 Å². The van der Waals surface area contributed by atoms with Gasteiger partial charge in [-0.15, -0.1) is 0 Å². The molecule has 138 valence electrons. The Morgan fingerprint density at radius 2 is 2.00 bits per heavy atom. The lowest BCUT2D eigenvalue weighted by molar-refractivity contribution is -0.121.